The van der Waals surface area contributed by atoms with Crippen LogP contribution in [0.4, 0.5) is 0 Å². The van der Waals surface area contributed by atoms with Gasteiger partial charge in [-0.2, -0.15) is 0 Å². The molecule has 0 aliphatic heterocycles. The SMILES string of the molecule is CCCCCCOc1ccc(C(=O)NNC(=O)c2cc(Br)ccc2OCCOC)cc1. The molecule has 2 aromatic rings. The van der Waals surface area contributed by atoms with Crippen molar-refractivity contribution in [1.29, 1.82) is 0 Å². The second-order valence-corrected chi connectivity index (χ2v) is 7.74. The molecule has 0 aromatic heterocycles. The Hall–Kier alpha value is -2.58. The van der Waals surface area contributed by atoms with Gasteiger partial charge in [-0.25, -0.2) is 0 Å². The topological polar surface area (TPSA) is 85.9 Å². The van der Waals surface area contributed by atoms with E-state index in [9.17, 15) is 9.59 Å². The fraction of sp³-hybridized carbons (Fsp3) is 0.391. The molecule has 0 spiro atoms. The number of hydrogen-bond donors (Lipinski definition) is 2. The maximum absolute atomic E-state index is 12.6. The van der Waals surface area contributed by atoms with Crippen LogP contribution in [-0.4, -0.2) is 38.7 Å². The van der Waals surface area contributed by atoms with Gasteiger partial charge in [0.25, 0.3) is 11.8 Å². The number of rotatable bonds is 12. The number of amides is 2. The average molecular weight is 493 g/mol. The number of nitrogens with one attached hydrogen (secondary N) is 2. The van der Waals surface area contributed by atoms with Gasteiger partial charge in [0, 0.05) is 17.1 Å². The normalized spacial score (nSPS) is 10.4. The van der Waals surface area contributed by atoms with Gasteiger partial charge >= 0.3 is 0 Å². The molecule has 2 aromatic carbocycles. The summed E-state index contributed by atoms with van der Waals surface area (Å²) in [6, 6.07) is 11.9. The molecule has 7 nitrogen and oxygen atoms in total. The number of carbonyl (C=O) groups is 2. The molecular formula is C23H29BrN2O5. The zero-order chi connectivity index (χ0) is 22.5. The highest BCUT2D eigenvalue weighted by Gasteiger charge is 2.15. The zero-order valence-electron chi connectivity index (χ0n) is 17.9. The molecule has 0 fully saturated rings. The summed E-state index contributed by atoms with van der Waals surface area (Å²) in [6.07, 6.45) is 4.54. The number of carbonyl (C=O) groups excluding carboxylic acids is 2. The number of unbranched alkanes of at least 4 members (excludes halogenated alkanes) is 3. The molecule has 0 atom stereocenters. The molecule has 31 heavy (non-hydrogen) atoms. The van der Waals surface area contributed by atoms with Gasteiger partial charge < -0.3 is 14.2 Å². The highest BCUT2D eigenvalue weighted by molar-refractivity contribution is 9.10. The number of methoxy groups -OCH3 is 1. The minimum atomic E-state index is -0.492. The van der Waals surface area contributed by atoms with Crippen LogP contribution in [0.15, 0.2) is 46.9 Å². The van der Waals surface area contributed by atoms with E-state index in [1.807, 2.05) is 0 Å². The third-order valence-electron chi connectivity index (χ3n) is 4.40. The predicted molar refractivity (Wildman–Crippen MR) is 123 cm³/mol. The van der Waals surface area contributed by atoms with Gasteiger partial charge in [0.05, 0.1) is 18.8 Å². The summed E-state index contributed by atoms with van der Waals surface area (Å²) < 4.78 is 16.9. The first kappa shape index (κ1) is 24.7. The number of halogens is 1. The zero-order valence-corrected chi connectivity index (χ0v) is 19.5. The first-order chi connectivity index (χ1) is 15.0. The van der Waals surface area contributed by atoms with Crippen LogP contribution in [0.5, 0.6) is 11.5 Å². The summed E-state index contributed by atoms with van der Waals surface area (Å²) in [7, 11) is 1.57. The van der Waals surface area contributed by atoms with Crippen molar-refractivity contribution < 1.29 is 23.8 Å². The fourth-order valence-corrected chi connectivity index (χ4v) is 3.08. The van der Waals surface area contributed by atoms with Gasteiger partial charge in [-0.15, -0.1) is 0 Å². The quantitative estimate of drug-likeness (QED) is 0.336. The third-order valence-corrected chi connectivity index (χ3v) is 4.90. The average Bonchev–Trinajstić information content (AvgIpc) is 2.78. The lowest BCUT2D eigenvalue weighted by molar-refractivity contribution is 0.0842. The van der Waals surface area contributed by atoms with Crippen LogP contribution in [0.25, 0.3) is 0 Å². The van der Waals surface area contributed by atoms with Crippen LogP contribution in [0, 0.1) is 0 Å². The number of ether oxygens (including phenoxy) is 3. The summed E-state index contributed by atoms with van der Waals surface area (Å²) in [5.41, 5.74) is 5.54. The van der Waals surface area contributed by atoms with Crippen molar-refractivity contribution in [2.24, 2.45) is 0 Å². The van der Waals surface area contributed by atoms with E-state index in [1.165, 1.54) is 12.8 Å². The van der Waals surface area contributed by atoms with E-state index >= 15 is 0 Å². The van der Waals surface area contributed by atoms with Crippen molar-refractivity contribution in [2.75, 3.05) is 26.9 Å². The number of hydrogen-bond acceptors (Lipinski definition) is 5. The molecule has 0 radical (unpaired) electrons. The second kappa shape index (κ2) is 13.7. The standard InChI is InChI=1S/C23H29BrN2O5/c1-3-4-5-6-13-30-19-10-7-17(8-11-19)22(27)25-26-23(28)20-16-18(24)9-12-21(20)31-15-14-29-2/h7-12,16H,3-6,13-15H2,1-2H3,(H,25,27)(H,26,28). The Morgan fingerprint density at radius 3 is 2.32 bits per heavy atom. The largest absolute Gasteiger partial charge is 0.494 e. The molecule has 2 rings (SSSR count). The molecule has 168 valence electrons. The van der Waals surface area contributed by atoms with Gasteiger partial charge in [-0.1, -0.05) is 42.1 Å². The first-order valence-electron chi connectivity index (χ1n) is 10.3. The molecule has 0 aliphatic carbocycles. The van der Waals surface area contributed by atoms with Crippen LogP contribution in [-0.2, 0) is 4.74 Å². The molecule has 0 aliphatic rings. The molecule has 0 unspecified atom stereocenters. The number of hydrazine groups is 1. The first-order valence-corrected chi connectivity index (χ1v) is 11.1. The summed E-state index contributed by atoms with van der Waals surface area (Å²) in [5.74, 6) is 0.185. The maximum atomic E-state index is 12.6. The van der Waals surface area contributed by atoms with Crippen LogP contribution in [0.1, 0.15) is 53.3 Å². The molecular weight excluding hydrogens is 464 g/mol. The van der Waals surface area contributed by atoms with E-state index in [1.54, 1.807) is 49.6 Å². The van der Waals surface area contributed by atoms with Gasteiger partial charge in [0.15, 0.2) is 0 Å². The molecule has 0 heterocycles. The van der Waals surface area contributed by atoms with Gasteiger partial charge in [0.1, 0.15) is 18.1 Å². The van der Waals surface area contributed by atoms with Crippen LogP contribution in [0.2, 0.25) is 0 Å². The lowest BCUT2D eigenvalue weighted by Crippen LogP contribution is -2.41. The Balaban J connectivity index is 1.88. The Kier molecular flexibility index (Phi) is 10.9. The van der Waals surface area contributed by atoms with Crippen molar-refractivity contribution >= 4 is 27.7 Å². The smallest absolute Gasteiger partial charge is 0.273 e. The van der Waals surface area contributed by atoms with Crippen molar-refractivity contribution in [2.45, 2.75) is 32.6 Å². The van der Waals surface area contributed by atoms with E-state index < -0.39 is 11.8 Å². The summed E-state index contributed by atoms with van der Waals surface area (Å²) in [5, 5.41) is 0. The summed E-state index contributed by atoms with van der Waals surface area (Å²) >= 11 is 3.34. The fourth-order valence-electron chi connectivity index (χ4n) is 2.71. The Labute approximate surface area is 191 Å². The van der Waals surface area contributed by atoms with Crippen molar-refractivity contribution in [3.05, 3.63) is 58.1 Å². The summed E-state index contributed by atoms with van der Waals surface area (Å²) in [4.78, 5) is 24.9. The number of benzene rings is 2. The minimum absolute atomic E-state index is 0.289. The lowest BCUT2D eigenvalue weighted by Gasteiger charge is -2.13. The highest BCUT2D eigenvalue weighted by Crippen LogP contribution is 2.23. The Bertz CT molecular complexity index is 842. The van der Waals surface area contributed by atoms with E-state index in [4.69, 9.17) is 14.2 Å². The van der Waals surface area contributed by atoms with Crippen molar-refractivity contribution in [3.63, 3.8) is 0 Å². The van der Waals surface area contributed by atoms with Crippen molar-refractivity contribution in [1.82, 2.24) is 10.9 Å². The lowest BCUT2D eigenvalue weighted by atomic mass is 10.2. The Morgan fingerprint density at radius 2 is 1.61 bits per heavy atom. The molecule has 8 heteroatoms. The van der Waals surface area contributed by atoms with Gasteiger partial charge in [-0.3, -0.25) is 20.4 Å². The maximum Gasteiger partial charge on any atom is 0.273 e. The molecule has 0 saturated carbocycles. The molecule has 0 bridgehead atoms. The molecule has 0 saturated heterocycles. The predicted octanol–water partition coefficient (Wildman–Crippen LogP) is 4.51. The molecule has 2 amide bonds. The van der Waals surface area contributed by atoms with E-state index in [-0.39, 0.29) is 5.56 Å². The van der Waals surface area contributed by atoms with E-state index in [0.29, 0.717) is 41.4 Å². The monoisotopic (exact) mass is 492 g/mol. The van der Waals surface area contributed by atoms with Crippen LogP contribution < -0.4 is 20.3 Å². The van der Waals surface area contributed by atoms with E-state index in [0.717, 1.165) is 12.8 Å². The molecule has 2 N–H and O–H groups in total. The minimum Gasteiger partial charge on any atom is -0.494 e. The Morgan fingerprint density at radius 1 is 0.871 bits per heavy atom. The summed E-state index contributed by atoms with van der Waals surface area (Å²) in [6.45, 7) is 3.52. The third kappa shape index (κ3) is 8.59. The van der Waals surface area contributed by atoms with Crippen LogP contribution >= 0.6 is 15.9 Å². The van der Waals surface area contributed by atoms with Gasteiger partial charge in [-0.05, 0) is 48.9 Å². The van der Waals surface area contributed by atoms with Crippen molar-refractivity contribution in [3.8, 4) is 11.5 Å². The second-order valence-electron chi connectivity index (χ2n) is 6.82. The van der Waals surface area contributed by atoms with E-state index in [2.05, 4.69) is 33.7 Å². The highest BCUT2D eigenvalue weighted by atomic mass is 79.9. The van der Waals surface area contributed by atoms with Gasteiger partial charge in [0.2, 0.25) is 0 Å². The van der Waals surface area contributed by atoms with Crippen LogP contribution in [0.3, 0.4) is 0 Å².